The van der Waals surface area contributed by atoms with E-state index in [0.717, 1.165) is 56.3 Å². The van der Waals surface area contributed by atoms with Gasteiger partial charge in [-0.2, -0.15) is 0 Å². The van der Waals surface area contributed by atoms with Gasteiger partial charge in [-0.05, 0) is 49.8 Å². The summed E-state index contributed by atoms with van der Waals surface area (Å²) in [5, 5.41) is 11.9. The molecule has 7 heteroatoms. The summed E-state index contributed by atoms with van der Waals surface area (Å²) in [7, 11) is 0. The van der Waals surface area contributed by atoms with Crippen molar-refractivity contribution in [3.63, 3.8) is 0 Å². The number of hydrogen-bond donors (Lipinski definition) is 1. The van der Waals surface area contributed by atoms with E-state index in [9.17, 15) is 4.79 Å². The second kappa shape index (κ2) is 8.92. The van der Waals surface area contributed by atoms with Gasteiger partial charge in [0.2, 0.25) is 5.91 Å². The molecule has 1 aliphatic carbocycles. The van der Waals surface area contributed by atoms with Crippen LogP contribution in [0.1, 0.15) is 56.4 Å². The van der Waals surface area contributed by atoms with E-state index in [-0.39, 0.29) is 11.8 Å². The van der Waals surface area contributed by atoms with Crippen molar-refractivity contribution >= 4 is 5.91 Å². The number of rotatable bonds is 7. The Balaban J connectivity index is 1.13. The van der Waals surface area contributed by atoms with Crippen LogP contribution in [0.5, 0.6) is 0 Å². The number of amides is 1. The third-order valence-electron chi connectivity index (χ3n) is 7.44. The number of piperidine rings is 3. The highest BCUT2D eigenvalue weighted by Crippen LogP contribution is 2.37. The Bertz CT molecular complexity index is 827. The minimum atomic E-state index is 0.0857. The molecule has 3 aliphatic heterocycles. The third-order valence-corrected chi connectivity index (χ3v) is 7.44. The highest BCUT2D eigenvalue weighted by molar-refractivity contribution is 5.79. The Morgan fingerprint density at radius 1 is 1.23 bits per heavy atom. The molecule has 162 valence electrons. The van der Waals surface area contributed by atoms with E-state index in [1.54, 1.807) is 6.26 Å². The summed E-state index contributed by atoms with van der Waals surface area (Å²) in [6.45, 7) is 3.29. The van der Waals surface area contributed by atoms with Crippen molar-refractivity contribution in [3.8, 4) is 0 Å². The number of nitrogens with one attached hydrogen (secondary N) is 1. The molecule has 2 aromatic rings. The molecule has 3 saturated heterocycles. The lowest BCUT2D eigenvalue weighted by Crippen LogP contribution is -2.57. The first-order valence-electron chi connectivity index (χ1n) is 11.7. The van der Waals surface area contributed by atoms with Crippen LogP contribution in [0.4, 0.5) is 0 Å². The maximum absolute atomic E-state index is 12.7. The molecule has 30 heavy (non-hydrogen) atoms. The highest BCUT2D eigenvalue weighted by atomic mass is 16.3. The summed E-state index contributed by atoms with van der Waals surface area (Å²) >= 11 is 0. The maximum atomic E-state index is 12.7. The average molecular weight is 412 g/mol. The van der Waals surface area contributed by atoms with Crippen LogP contribution in [0.3, 0.4) is 0 Å². The Kier molecular flexibility index (Phi) is 5.88. The second-order valence-electron chi connectivity index (χ2n) is 9.48. The van der Waals surface area contributed by atoms with Crippen molar-refractivity contribution in [1.29, 1.82) is 0 Å². The van der Waals surface area contributed by atoms with E-state index < -0.39 is 0 Å². The molecule has 1 amide bonds. The van der Waals surface area contributed by atoms with Gasteiger partial charge >= 0.3 is 0 Å². The standard InChI is InChI=1S/C23H33N5O2/c29-23(24-13-21-7-4-10-30-21)22-16-27-9-8-18(22)12-20(27)15-28-14-19(25-26-28)11-17-5-2-1-3-6-17/h4,7,10,14,17-18,20,22H,1-3,5-6,8-9,11-13,15-16H2,(H,24,29)/t18-,20-,22+/m1/s1. The second-order valence-corrected chi connectivity index (χ2v) is 9.48. The summed E-state index contributed by atoms with van der Waals surface area (Å²) in [6.07, 6.45) is 13.9. The van der Waals surface area contributed by atoms with Gasteiger partial charge in [0.1, 0.15) is 5.76 Å². The lowest BCUT2D eigenvalue weighted by Gasteiger charge is -2.49. The predicted octanol–water partition coefficient (Wildman–Crippen LogP) is 3.02. The lowest BCUT2D eigenvalue weighted by atomic mass is 9.75. The van der Waals surface area contributed by atoms with Gasteiger partial charge in [0.15, 0.2) is 0 Å². The van der Waals surface area contributed by atoms with E-state index in [4.69, 9.17) is 4.42 Å². The van der Waals surface area contributed by atoms with Gasteiger partial charge in [-0.15, -0.1) is 5.10 Å². The van der Waals surface area contributed by atoms with E-state index in [1.165, 1.54) is 32.1 Å². The Hall–Kier alpha value is -2.15. The molecule has 1 unspecified atom stereocenters. The van der Waals surface area contributed by atoms with Gasteiger partial charge in [0.05, 0.1) is 31.0 Å². The molecule has 1 saturated carbocycles. The summed E-state index contributed by atoms with van der Waals surface area (Å²) < 4.78 is 7.36. The number of aromatic nitrogens is 3. The van der Waals surface area contributed by atoms with Gasteiger partial charge in [-0.3, -0.25) is 14.4 Å². The minimum absolute atomic E-state index is 0.0857. The van der Waals surface area contributed by atoms with Gasteiger partial charge in [-0.25, -0.2) is 0 Å². The van der Waals surface area contributed by atoms with Crippen molar-refractivity contribution in [3.05, 3.63) is 36.0 Å². The van der Waals surface area contributed by atoms with E-state index >= 15 is 0 Å². The van der Waals surface area contributed by atoms with Crippen molar-refractivity contribution in [2.75, 3.05) is 13.1 Å². The third kappa shape index (κ3) is 4.46. The molecule has 7 nitrogen and oxygen atoms in total. The van der Waals surface area contributed by atoms with Gasteiger partial charge < -0.3 is 9.73 Å². The molecular weight excluding hydrogens is 378 g/mol. The van der Waals surface area contributed by atoms with Gasteiger partial charge in [-0.1, -0.05) is 37.3 Å². The van der Waals surface area contributed by atoms with E-state index in [1.807, 2.05) is 16.8 Å². The lowest BCUT2D eigenvalue weighted by molar-refractivity contribution is -0.133. The number of furan rings is 1. The summed E-state index contributed by atoms with van der Waals surface area (Å²) in [5.74, 6) is 2.30. The van der Waals surface area contributed by atoms with E-state index in [2.05, 4.69) is 26.7 Å². The summed E-state index contributed by atoms with van der Waals surface area (Å²) in [5.41, 5.74) is 1.15. The molecule has 6 rings (SSSR count). The number of fused-ring (bicyclic) bond motifs is 3. The largest absolute Gasteiger partial charge is 0.467 e. The molecule has 2 aromatic heterocycles. The summed E-state index contributed by atoms with van der Waals surface area (Å²) in [6, 6.07) is 4.21. The van der Waals surface area contributed by atoms with Crippen molar-refractivity contribution < 1.29 is 9.21 Å². The topological polar surface area (TPSA) is 76.2 Å². The zero-order chi connectivity index (χ0) is 20.3. The number of nitrogens with zero attached hydrogens (tertiary/aromatic N) is 4. The van der Waals surface area contributed by atoms with Crippen LogP contribution in [0.15, 0.2) is 29.0 Å². The van der Waals surface area contributed by atoms with Crippen LogP contribution in [0.2, 0.25) is 0 Å². The molecule has 0 radical (unpaired) electrons. The first-order valence-corrected chi connectivity index (χ1v) is 11.7. The highest BCUT2D eigenvalue weighted by Gasteiger charge is 2.43. The van der Waals surface area contributed by atoms with Crippen molar-refractivity contribution in [2.24, 2.45) is 17.8 Å². The molecule has 4 fully saturated rings. The fourth-order valence-corrected chi connectivity index (χ4v) is 5.77. The Morgan fingerprint density at radius 3 is 2.90 bits per heavy atom. The van der Waals surface area contributed by atoms with Crippen molar-refractivity contribution in [2.45, 2.75) is 70.5 Å². The molecule has 4 aliphatic rings. The number of carbonyl (C=O) groups excluding carboxylic acids is 1. The van der Waals surface area contributed by atoms with Gasteiger partial charge in [0.25, 0.3) is 0 Å². The summed E-state index contributed by atoms with van der Waals surface area (Å²) in [4.78, 5) is 15.2. The first kappa shape index (κ1) is 19.8. The first-order chi connectivity index (χ1) is 14.7. The Labute approximate surface area is 178 Å². The zero-order valence-electron chi connectivity index (χ0n) is 17.7. The Morgan fingerprint density at radius 2 is 2.13 bits per heavy atom. The monoisotopic (exact) mass is 411 g/mol. The number of hydrogen-bond acceptors (Lipinski definition) is 5. The molecule has 1 N–H and O–H groups in total. The molecule has 0 spiro atoms. The molecule has 0 aromatic carbocycles. The number of carbonyl (C=O) groups is 1. The normalized spacial score (nSPS) is 29.2. The SMILES string of the molecule is O=C(NCc1ccco1)[C@H]1CN2CC[C@@H]1C[C@@H]2Cn1cc(CC2CCCCC2)nn1. The average Bonchev–Trinajstić information content (AvgIpc) is 3.45. The fourth-order valence-electron chi connectivity index (χ4n) is 5.77. The fraction of sp³-hybridized carbons (Fsp3) is 0.696. The van der Waals surface area contributed by atoms with Gasteiger partial charge in [0, 0.05) is 18.8 Å². The molecule has 4 atom stereocenters. The van der Waals surface area contributed by atoms with Crippen molar-refractivity contribution in [1.82, 2.24) is 25.2 Å². The smallest absolute Gasteiger partial charge is 0.225 e. The minimum Gasteiger partial charge on any atom is -0.467 e. The van der Waals surface area contributed by atoms with Crippen LogP contribution in [0, 0.1) is 17.8 Å². The van der Waals surface area contributed by atoms with Crippen LogP contribution in [-0.2, 0) is 24.3 Å². The maximum Gasteiger partial charge on any atom is 0.225 e. The quantitative estimate of drug-likeness (QED) is 0.758. The molecule has 5 heterocycles. The molecule has 2 bridgehead atoms. The van der Waals surface area contributed by atoms with Crippen LogP contribution >= 0.6 is 0 Å². The van der Waals surface area contributed by atoms with Crippen LogP contribution < -0.4 is 5.32 Å². The van der Waals surface area contributed by atoms with Crippen LogP contribution in [0.25, 0.3) is 0 Å². The predicted molar refractivity (Wildman–Crippen MR) is 112 cm³/mol. The van der Waals surface area contributed by atoms with E-state index in [0.29, 0.717) is 18.5 Å². The van der Waals surface area contributed by atoms with Crippen LogP contribution in [-0.4, -0.2) is 44.9 Å². The zero-order valence-corrected chi connectivity index (χ0v) is 17.7. The molecular formula is C23H33N5O2.